The predicted octanol–water partition coefficient (Wildman–Crippen LogP) is 2.17. The lowest BCUT2D eigenvalue weighted by Gasteiger charge is -2.11. The molecule has 0 spiro atoms. The van der Waals surface area contributed by atoms with Crippen LogP contribution in [0.25, 0.3) is 0 Å². The van der Waals surface area contributed by atoms with Crippen LogP contribution in [0.4, 0.5) is 5.69 Å². The average Bonchev–Trinajstić information content (AvgIpc) is 3.18. The molecule has 0 aliphatic carbocycles. The van der Waals surface area contributed by atoms with E-state index in [2.05, 4.69) is 15.3 Å². The molecule has 0 unspecified atom stereocenters. The Morgan fingerprint density at radius 3 is 2.81 bits per heavy atom. The smallest absolute Gasteiger partial charge is 0.291 e. The normalized spacial score (nSPS) is 15.5. The summed E-state index contributed by atoms with van der Waals surface area (Å²) in [6, 6.07) is 3.61. The number of aryl methyl sites for hydroxylation is 1. The van der Waals surface area contributed by atoms with Crippen LogP contribution in [-0.2, 0) is 13.6 Å². The highest BCUT2D eigenvalue weighted by Crippen LogP contribution is 2.17. The summed E-state index contributed by atoms with van der Waals surface area (Å²) >= 11 is 0. The molecule has 3 rings (SSSR count). The molecular formula is C15H20N4O2. The second-order valence-electron chi connectivity index (χ2n) is 5.47. The van der Waals surface area contributed by atoms with Gasteiger partial charge in [0.2, 0.25) is 0 Å². The fourth-order valence-electron chi connectivity index (χ4n) is 2.55. The number of aromatic nitrogens is 2. The molecule has 6 heteroatoms. The Balaban J connectivity index is 1.65. The molecular weight excluding hydrogens is 268 g/mol. The lowest BCUT2D eigenvalue weighted by Crippen LogP contribution is -2.18. The van der Waals surface area contributed by atoms with Crippen LogP contribution in [0.2, 0.25) is 0 Å². The molecule has 3 heterocycles. The third-order valence-electron chi connectivity index (χ3n) is 3.95. The molecule has 1 amide bonds. The van der Waals surface area contributed by atoms with Crippen molar-refractivity contribution in [3.05, 3.63) is 35.5 Å². The van der Waals surface area contributed by atoms with E-state index >= 15 is 0 Å². The Morgan fingerprint density at radius 1 is 1.38 bits per heavy atom. The van der Waals surface area contributed by atoms with E-state index in [-0.39, 0.29) is 5.91 Å². The Labute approximate surface area is 123 Å². The van der Waals surface area contributed by atoms with E-state index in [1.807, 2.05) is 20.0 Å². The van der Waals surface area contributed by atoms with Crippen LogP contribution in [-0.4, -0.2) is 33.7 Å². The first kappa shape index (κ1) is 13.9. The number of furan rings is 1. The molecule has 112 valence electrons. The largest absolute Gasteiger partial charge is 0.455 e. The zero-order chi connectivity index (χ0) is 14.8. The summed E-state index contributed by atoms with van der Waals surface area (Å²) in [6.45, 7) is 4.90. The fourth-order valence-corrected chi connectivity index (χ4v) is 2.55. The zero-order valence-corrected chi connectivity index (χ0v) is 12.4. The van der Waals surface area contributed by atoms with Gasteiger partial charge in [-0.25, -0.2) is 0 Å². The van der Waals surface area contributed by atoms with Gasteiger partial charge < -0.3 is 9.73 Å². The van der Waals surface area contributed by atoms with Crippen molar-refractivity contribution in [3.8, 4) is 0 Å². The summed E-state index contributed by atoms with van der Waals surface area (Å²) in [7, 11) is 1.84. The highest BCUT2D eigenvalue weighted by molar-refractivity contribution is 6.02. The van der Waals surface area contributed by atoms with Crippen molar-refractivity contribution in [3.63, 3.8) is 0 Å². The first-order valence-electron chi connectivity index (χ1n) is 7.24. The van der Waals surface area contributed by atoms with Crippen molar-refractivity contribution in [2.75, 3.05) is 18.4 Å². The van der Waals surface area contributed by atoms with Gasteiger partial charge in [0.1, 0.15) is 5.76 Å². The van der Waals surface area contributed by atoms with E-state index in [9.17, 15) is 4.79 Å². The number of likely N-dealkylation sites (tertiary alicyclic amines) is 1. The Kier molecular flexibility index (Phi) is 3.79. The van der Waals surface area contributed by atoms with Crippen molar-refractivity contribution >= 4 is 11.6 Å². The molecule has 0 bridgehead atoms. The minimum atomic E-state index is -0.237. The first-order valence-corrected chi connectivity index (χ1v) is 7.24. The second kappa shape index (κ2) is 5.73. The first-order chi connectivity index (χ1) is 10.1. The highest BCUT2D eigenvalue weighted by atomic mass is 16.4. The van der Waals surface area contributed by atoms with Gasteiger partial charge >= 0.3 is 0 Å². The lowest BCUT2D eigenvalue weighted by molar-refractivity contribution is 0.0993. The number of rotatable bonds is 4. The number of nitrogens with zero attached hydrogens (tertiary/aromatic N) is 3. The van der Waals surface area contributed by atoms with E-state index in [4.69, 9.17) is 4.42 Å². The van der Waals surface area contributed by atoms with Crippen molar-refractivity contribution in [2.24, 2.45) is 7.05 Å². The number of hydrogen-bond donors (Lipinski definition) is 1. The van der Waals surface area contributed by atoms with Gasteiger partial charge in [0.15, 0.2) is 5.76 Å². The fraction of sp³-hybridized carbons (Fsp3) is 0.467. The molecule has 1 fully saturated rings. The number of hydrogen-bond acceptors (Lipinski definition) is 4. The zero-order valence-electron chi connectivity index (χ0n) is 12.4. The van der Waals surface area contributed by atoms with E-state index in [1.165, 1.54) is 12.8 Å². The predicted molar refractivity (Wildman–Crippen MR) is 79.1 cm³/mol. The van der Waals surface area contributed by atoms with Gasteiger partial charge in [0, 0.05) is 7.05 Å². The van der Waals surface area contributed by atoms with Crippen LogP contribution in [0.3, 0.4) is 0 Å². The third kappa shape index (κ3) is 3.00. The van der Waals surface area contributed by atoms with Gasteiger partial charge in [-0.05, 0) is 45.0 Å². The standard InChI is InChI=1S/C15H20N4O2/c1-11-13(9-16-18(11)2)17-15(20)14-6-5-12(21-14)10-19-7-3-4-8-19/h5-6,9H,3-4,7-8,10H2,1-2H3,(H,17,20). The number of amides is 1. The minimum absolute atomic E-state index is 0.237. The van der Waals surface area contributed by atoms with Crippen LogP contribution in [0.15, 0.2) is 22.7 Å². The summed E-state index contributed by atoms with van der Waals surface area (Å²) in [5, 5.41) is 6.93. The van der Waals surface area contributed by atoms with Crippen molar-refractivity contribution in [1.29, 1.82) is 0 Å². The number of carbonyl (C=O) groups excluding carboxylic acids is 1. The van der Waals surface area contributed by atoms with Gasteiger partial charge in [-0.3, -0.25) is 14.4 Å². The molecule has 0 aromatic carbocycles. The summed E-state index contributed by atoms with van der Waals surface area (Å²) < 4.78 is 7.36. The Bertz CT molecular complexity index is 638. The van der Waals surface area contributed by atoms with Crippen LogP contribution in [0.1, 0.15) is 34.9 Å². The molecule has 2 aromatic rings. The van der Waals surface area contributed by atoms with E-state index in [0.29, 0.717) is 11.4 Å². The molecule has 2 aromatic heterocycles. The summed E-state index contributed by atoms with van der Waals surface area (Å²) in [4.78, 5) is 14.5. The lowest BCUT2D eigenvalue weighted by atomic mass is 10.3. The SMILES string of the molecule is Cc1c(NC(=O)c2ccc(CN3CCCC3)o2)cnn1C. The van der Waals surface area contributed by atoms with Gasteiger partial charge in [0.25, 0.3) is 5.91 Å². The minimum Gasteiger partial charge on any atom is -0.455 e. The maximum Gasteiger partial charge on any atom is 0.291 e. The number of anilines is 1. The molecule has 1 aliphatic heterocycles. The number of carbonyl (C=O) groups is 1. The van der Waals surface area contributed by atoms with Crippen LogP contribution in [0, 0.1) is 6.92 Å². The van der Waals surface area contributed by atoms with Crippen molar-refractivity contribution in [2.45, 2.75) is 26.3 Å². The second-order valence-corrected chi connectivity index (χ2v) is 5.47. The summed E-state index contributed by atoms with van der Waals surface area (Å²) in [5.74, 6) is 0.941. The third-order valence-corrected chi connectivity index (χ3v) is 3.95. The van der Waals surface area contributed by atoms with Crippen LogP contribution >= 0.6 is 0 Å². The Hall–Kier alpha value is -2.08. The monoisotopic (exact) mass is 288 g/mol. The Morgan fingerprint density at radius 2 is 2.14 bits per heavy atom. The average molecular weight is 288 g/mol. The molecule has 1 N–H and O–H groups in total. The quantitative estimate of drug-likeness (QED) is 0.936. The highest BCUT2D eigenvalue weighted by Gasteiger charge is 2.17. The summed E-state index contributed by atoms with van der Waals surface area (Å²) in [6.07, 6.45) is 4.13. The van der Waals surface area contributed by atoms with Gasteiger partial charge in [-0.15, -0.1) is 0 Å². The van der Waals surface area contributed by atoms with Gasteiger partial charge in [0.05, 0.1) is 24.1 Å². The van der Waals surface area contributed by atoms with Gasteiger partial charge in [-0.2, -0.15) is 5.10 Å². The maximum absolute atomic E-state index is 12.2. The molecule has 0 radical (unpaired) electrons. The van der Waals surface area contributed by atoms with Crippen LogP contribution < -0.4 is 5.32 Å². The molecule has 1 aliphatic rings. The molecule has 0 saturated carbocycles. The topological polar surface area (TPSA) is 63.3 Å². The van der Waals surface area contributed by atoms with E-state index in [0.717, 1.165) is 31.1 Å². The summed E-state index contributed by atoms with van der Waals surface area (Å²) in [5.41, 5.74) is 1.62. The van der Waals surface area contributed by atoms with E-state index in [1.54, 1.807) is 16.9 Å². The molecule has 6 nitrogen and oxygen atoms in total. The molecule has 0 atom stereocenters. The van der Waals surface area contributed by atoms with E-state index < -0.39 is 0 Å². The van der Waals surface area contributed by atoms with Crippen molar-refractivity contribution < 1.29 is 9.21 Å². The number of nitrogens with one attached hydrogen (secondary N) is 1. The van der Waals surface area contributed by atoms with Crippen LogP contribution in [0.5, 0.6) is 0 Å². The van der Waals surface area contributed by atoms with Gasteiger partial charge in [-0.1, -0.05) is 0 Å². The molecule has 21 heavy (non-hydrogen) atoms. The van der Waals surface area contributed by atoms with Crippen molar-refractivity contribution in [1.82, 2.24) is 14.7 Å². The molecule has 1 saturated heterocycles. The maximum atomic E-state index is 12.2.